The van der Waals surface area contributed by atoms with Crippen LogP contribution in [0.2, 0.25) is 0 Å². The molecule has 0 spiro atoms. The zero-order valence-electron chi connectivity index (χ0n) is 3.98. The summed E-state index contributed by atoms with van der Waals surface area (Å²) in [6.07, 6.45) is 0. The first-order valence-electron chi connectivity index (χ1n) is 0. The van der Waals surface area contributed by atoms with Gasteiger partial charge in [0.05, 0.1) is 0 Å². The Labute approximate surface area is 199 Å². The second kappa shape index (κ2) is 96.0. The quantitative estimate of drug-likeness (QED) is 0.219. The number of hydrogen-bond donors (Lipinski definition) is 0. The van der Waals surface area contributed by atoms with Crippen LogP contribution in [0.5, 0.6) is 0 Å². The molecule has 0 saturated carbocycles. The van der Waals surface area contributed by atoms with Crippen LogP contribution in [0.15, 0.2) is 0 Å². The largest absolute Gasteiger partial charge is 2.00 e. The van der Waals surface area contributed by atoms with Crippen molar-refractivity contribution in [1.82, 2.24) is 0 Å². The summed E-state index contributed by atoms with van der Waals surface area (Å²) in [5, 5.41) is 0. The molecule has 0 amide bonds. The number of rotatable bonds is 0. The van der Waals surface area contributed by atoms with Crippen LogP contribution in [0, 0.1) is 0 Å². The molecule has 0 unspecified atom stereocenters. The van der Waals surface area contributed by atoms with Crippen molar-refractivity contribution < 1.29 is 34.1 Å². The van der Waals surface area contributed by atoms with E-state index in [0.717, 1.165) is 0 Å². The molecule has 0 rings (SSSR count). The molecule has 0 fully saturated rings. The minimum atomic E-state index is 0. The minimum absolute atomic E-state index is 0. The van der Waals surface area contributed by atoms with Gasteiger partial charge in [-0.05, 0) is 0 Å². The number of hydrogen-bond acceptors (Lipinski definition) is 0. The second-order valence-corrected chi connectivity index (χ2v) is 0. The first-order valence-corrected chi connectivity index (χ1v) is 0. The smallest absolute Gasteiger partial charge is 2.00 e. The van der Waals surface area contributed by atoms with Crippen LogP contribution in [-0.4, -0.2) is 142 Å². The molecule has 11 heteroatoms. The van der Waals surface area contributed by atoms with Gasteiger partial charge in [0.15, 0.2) is 0 Å². The summed E-state index contributed by atoms with van der Waals surface area (Å²) in [5.74, 6) is 0. The van der Waals surface area contributed by atoms with Crippen LogP contribution in [0.4, 0.5) is 0 Å². The summed E-state index contributed by atoms with van der Waals surface area (Å²) in [6, 6.07) is 0. The van der Waals surface area contributed by atoms with Gasteiger partial charge in [-0.25, -0.2) is 0 Å². The van der Waals surface area contributed by atoms with E-state index in [1.807, 2.05) is 0 Å². The minimum Gasteiger partial charge on any atom is -2.00 e. The third-order valence-corrected chi connectivity index (χ3v) is 0. The van der Waals surface area contributed by atoms with E-state index in [-0.39, 0.29) is 204 Å². The van der Waals surface area contributed by atoms with Gasteiger partial charge in [-0.3, -0.25) is 0 Å². The van der Waals surface area contributed by atoms with E-state index in [9.17, 15) is 0 Å². The van der Waals surface area contributed by atoms with Crippen molar-refractivity contribution in [3.05, 3.63) is 0 Å². The fourth-order valence-electron chi connectivity index (χ4n) is 0. The average molecular weight is 807 g/mol. The second-order valence-electron chi connectivity index (χ2n) is 0. The Kier molecular flexibility index (Phi) is 1010. The summed E-state index contributed by atoms with van der Waals surface area (Å²) < 4.78 is 0. The molecular formula is H10Cu2Ga2In2S2Se3. The van der Waals surface area contributed by atoms with Gasteiger partial charge >= 0.3 is 91.3 Å². The van der Waals surface area contributed by atoms with Gasteiger partial charge in [-0.2, -0.15) is 27.0 Å². The molecule has 0 nitrogen and oxygen atoms in total. The Morgan fingerprint density at radius 3 is 0.455 bits per heavy atom. The van der Waals surface area contributed by atoms with E-state index in [2.05, 4.69) is 0 Å². The van der Waals surface area contributed by atoms with E-state index >= 15 is 0 Å². The van der Waals surface area contributed by atoms with Crippen LogP contribution < -0.4 is 0 Å². The SMILES string of the molecule is S.S.[Cu].[Cu].[Ga+3].[Ga+3].[InH3].[InH3].[Se-2].[Se-2].[Se-2]. The maximum atomic E-state index is 0. The van der Waals surface area contributed by atoms with Crippen molar-refractivity contribution >= 4 is 169 Å². The normalized spacial score (nSPS) is 0. The van der Waals surface area contributed by atoms with E-state index in [1.165, 1.54) is 0 Å². The zero-order chi connectivity index (χ0) is 0. The molecule has 0 atom stereocenters. The molecule has 0 aliphatic heterocycles. The summed E-state index contributed by atoms with van der Waals surface area (Å²) in [7, 11) is 0. The molecule has 0 aliphatic rings. The molecule has 0 aromatic carbocycles. The first-order chi connectivity index (χ1) is 0. The maximum absolute atomic E-state index is 0. The molecule has 2 radical (unpaired) electrons. The van der Waals surface area contributed by atoms with Crippen LogP contribution in [-0.2, 0) is 34.1 Å². The van der Waals surface area contributed by atoms with Gasteiger partial charge in [0.2, 0.25) is 0 Å². The maximum Gasteiger partial charge on any atom is -2.00 e. The monoisotopic (exact) mass is 807 g/mol. The van der Waals surface area contributed by atoms with Crippen LogP contribution >= 0.6 is 27.0 Å². The molecule has 0 aliphatic carbocycles. The summed E-state index contributed by atoms with van der Waals surface area (Å²) in [4.78, 5) is 0. The van der Waals surface area contributed by atoms with Crippen LogP contribution in [0.3, 0.4) is 0 Å². The molecular weight excluding hydrogens is 797 g/mol. The predicted molar refractivity (Wildman–Crippen MR) is 69.4 cm³/mol. The fourth-order valence-corrected chi connectivity index (χ4v) is 0. The Morgan fingerprint density at radius 2 is 0.455 bits per heavy atom. The molecule has 0 aromatic rings. The topological polar surface area (TPSA) is 0 Å². The Morgan fingerprint density at radius 1 is 0.455 bits per heavy atom. The van der Waals surface area contributed by atoms with Crippen molar-refractivity contribution in [1.29, 1.82) is 0 Å². The Balaban J connectivity index is 0. The summed E-state index contributed by atoms with van der Waals surface area (Å²) in [5.41, 5.74) is 0. The Hall–Kier alpha value is 6.31. The van der Waals surface area contributed by atoms with Gasteiger partial charge in [-0.1, -0.05) is 0 Å². The molecule has 0 bridgehead atoms. The van der Waals surface area contributed by atoms with E-state index in [4.69, 9.17) is 0 Å². The average Bonchev–Trinajstić information content (AvgIpc) is 0. The van der Waals surface area contributed by atoms with Crippen LogP contribution in [0.25, 0.3) is 0 Å². The van der Waals surface area contributed by atoms with Crippen molar-refractivity contribution in [3.63, 3.8) is 0 Å². The Bertz CT molecular complexity index is 25.3. The first kappa shape index (κ1) is 116. The molecule has 74 valence electrons. The van der Waals surface area contributed by atoms with Gasteiger partial charge in [0.25, 0.3) is 0 Å². The van der Waals surface area contributed by atoms with Gasteiger partial charge in [-0.15, -0.1) is 0 Å². The molecule has 0 heterocycles. The summed E-state index contributed by atoms with van der Waals surface area (Å²) >= 11 is 0. The van der Waals surface area contributed by atoms with E-state index in [1.54, 1.807) is 0 Å². The van der Waals surface area contributed by atoms with E-state index < -0.39 is 0 Å². The van der Waals surface area contributed by atoms with E-state index in [0.29, 0.717) is 0 Å². The standard InChI is InChI=1S/2Cu.2Ga.2In.2H2S.3Se.6H/h;;;;;;2*1H2;;;;;;;;;/q;;2*+3;;;;;3*-2;;;;;;. The van der Waals surface area contributed by atoms with Crippen LogP contribution in [0.1, 0.15) is 0 Å². The fraction of sp³-hybridized carbons (Fsp3) is 0. The molecule has 11 heavy (non-hydrogen) atoms. The molecule has 0 N–H and O–H groups in total. The van der Waals surface area contributed by atoms with Crippen molar-refractivity contribution in [2.24, 2.45) is 0 Å². The third kappa shape index (κ3) is 83.9. The van der Waals surface area contributed by atoms with Gasteiger partial charge < -0.3 is 51.2 Å². The van der Waals surface area contributed by atoms with Gasteiger partial charge in [0.1, 0.15) is 0 Å². The zero-order valence-corrected chi connectivity index (χ0v) is 17.9. The summed E-state index contributed by atoms with van der Waals surface area (Å²) in [6.45, 7) is 0. The van der Waals surface area contributed by atoms with Crippen molar-refractivity contribution in [2.75, 3.05) is 0 Å². The van der Waals surface area contributed by atoms with Crippen molar-refractivity contribution in [3.8, 4) is 0 Å². The predicted octanol–water partition coefficient (Wildman–Crippen LogP) is -4.05. The third-order valence-electron chi connectivity index (χ3n) is 0. The van der Waals surface area contributed by atoms with Crippen molar-refractivity contribution in [2.45, 2.75) is 0 Å². The molecule has 0 saturated heterocycles. The molecule has 0 aromatic heterocycles. The van der Waals surface area contributed by atoms with Gasteiger partial charge in [0, 0.05) is 34.1 Å².